The highest BCUT2D eigenvalue weighted by atomic mass is 31.2. The molecule has 5 N–H and O–H groups in total. The molecular formula is C3H11NO6P2+2. The van der Waals surface area contributed by atoms with Gasteiger partial charge in [0, 0.05) is 9.13 Å². The topological polar surface area (TPSA) is 130 Å². The molecule has 0 rings (SSSR count). The van der Waals surface area contributed by atoms with Gasteiger partial charge >= 0.3 is 16.5 Å². The Labute approximate surface area is 71.1 Å². The molecule has 0 aliphatic rings. The smallest absolute Gasteiger partial charge is 0.379 e. The van der Waals surface area contributed by atoms with E-state index in [0.717, 1.165) is 0 Å². The molecule has 12 heavy (non-hydrogen) atoms. The van der Waals surface area contributed by atoms with Crippen molar-refractivity contribution in [3.63, 3.8) is 0 Å². The maximum absolute atomic E-state index is 9.39. The molecule has 0 aromatic rings. The molecular weight excluding hydrogens is 208 g/mol. The summed E-state index contributed by atoms with van der Waals surface area (Å²) >= 11 is 0. The molecule has 7 nitrogen and oxygen atoms in total. The van der Waals surface area contributed by atoms with Crippen molar-refractivity contribution >= 4 is 16.5 Å². The van der Waals surface area contributed by atoms with E-state index in [-0.39, 0.29) is 0 Å². The first-order valence-electron chi connectivity index (χ1n) is 2.84. The van der Waals surface area contributed by atoms with E-state index in [0.29, 0.717) is 6.42 Å². The van der Waals surface area contributed by atoms with Gasteiger partial charge in [0.1, 0.15) is 6.23 Å². The van der Waals surface area contributed by atoms with Crippen molar-refractivity contribution in [1.82, 2.24) is 0 Å². The van der Waals surface area contributed by atoms with Crippen LogP contribution < -0.4 is 5.73 Å². The highest BCUT2D eigenvalue weighted by molar-refractivity contribution is 7.46. The van der Waals surface area contributed by atoms with Gasteiger partial charge < -0.3 is 10.8 Å². The Bertz CT molecular complexity index is 138. The van der Waals surface area contributed by atoms with Crippen LogP contribution in [0.25, 0.3) is 0 Å². The molecule has 3 atom stereocenters. The van der Waals surface area contributed by atoms with Crippen LogP contribution in [0.1, 0.15) is 13.3 Å². The van der Waals surface area contributed by atoms with Gasteiger partial charge in [0.15, 0.2) is 4.31 Å². The lowest BCUT2D eigenvalue weighted by Gasteiger charge is -1.91. The van der Waals surface area contributed by atoms with Crippen molar-refractivity contribution in [2.75, 3.05) is 0 Å². The molecule has 0 bridgehead atoms. The van der Waals surface area contributed by atoms with Gasteiger partial charge in [-0.2, -0.15) is 0 Å². The first kappa shape index (κ1) is 14.5. The largest absolute Gasteiger partial charge is 0.745 e. The molecule has 0 saturated heterocycles. The van der Waals surface area contributed by atoms with Crippen LogP contribution in [0.4, 0.5) is 0 Å². The zero-order chi connectivity index (χ0) is 10.1. The number of rotatable bonds is 3. The lowest BCUT2D eigenvalue weighted by molar-refractivity contribution is 0.178. The van der Waals surface area contributed by atoms with Crippen LogP contribution in [-0.4, -0.2) is 21.1 Å². The van der Waals surface area contributed by atoms with E-state index in [1.54, 1.807) is 0 Å². The van der Waals surface area contributed by atoms with Crippen molar-refractivity contribution in [1.29, 1.82) is 0 Å². The predicted molar refractivity (Wildman–Crippen MR) is 41.2 cm³/mol. The fourth-order valence-corrected chi connectivity index (χ4v) is 0.538. The Morgan fingerprint density at radius 3 is 1.67 bits per heavy atom. The van der Waals surface area contributed by atoms with E-state index in [9.17, 15) is 9.13 Å². The average molecular weight is 219 g/mol. The standard InChI is InChI=1S/C3H9NO.O5P2/c1-2-3(4)5;1-6(2)5-7(3)4/h3,5H,2,4H2,1H3;/p+2. The quantitative estimate of drug-likeness (QED) is 0.387. The molecule has 0 aromatic carbocycles. The number of aliphatic hydroxyl groups excluding tert-OH is 1. The molecule has 0 radical (unpaired) electrons. The Morgan fingerprint density at radius 2 is 1.67 bits per heavy atom. The van der Waals surface area contributed by atoms with E-state index in [1.807, 2.05) is 6.92 Å². The summed E-state index contributed by atoms with van der Waals surface area (Å²) < 4.78 is 22.2. The molecule has 0 fully saturated rings. The molecule has 0 saturated carbocycles. The summed E-state index contributed by atoms with van der Waals surface area (Å²) in [7, 11) is -5.85. The zero-order valence-electron chi connectivity index (χ0n) is 6.32. The summed E-state index contributed by atoms with van der Waals surface area (Å²) in [6.45, 7) is 1.82. The molecule has 0 heterocycles. The highest BCUT2D eigenvalue weighted by Gasteiger charge is 2.31. The van der Waals surface area contributed by atoms with E-state index >= 15 is 0 Å². The third kappa shape index (κ3) is 22.5. The monoisotopic (exact) mass is 219 g/mol. The van der Waals surface area contributed by atoms with E-state index in [4.69, 9.17) is 20.6 Å². The molecule has 0 spiro atoms. The first-order chi connectivity index (χ1) is 5.40. The van der Waals surface area contributed by atoms with Crippen LogP contribution in [-0.2, 0) is 13.4 Å². The fourth-order valence-electron chi connectivity index (χ4n) is 0.0598. The van der Waals surface area contributed by atoms with Gasteiger partial charge in [-0.3, -0.25) is 0 Å². The predicted octanol–water partition coefficient (Wildman–Crippen LogP) is -0.0241. The van der Waals surface area contributed by atoms with Crippen molar-refractivity contribution in [3.8, 4) is 0 Å². The summed E-state index contributed by atoms with van der Waals surface area (Å²) in [6.07, 6.45) is 0.0231. The van der Waals surface area contributed by atoms with E-state index in [2.05, 4.69) is 4.31 Å². The fraction of sp³-hybridized carbons (Fsp3) is 1.00. The number of aliphatic hydroxyl groups is 1. The Hall–Kier alpha value is -0.0000000000000000763. The summed E-state index contributed by atoms with van der Waals surface area (Å²) in [4.78, 5) is 15.3. The maximum Gasteiger partial charge on any atom is 0.745 e. The molecule has 0 aliphatic carbocycles. The van der Waals surface area contributed by atoms with Crippen molar-refractivity contribution in [3.05, 3.63) is 0 Å². The minimum atomic E-state index is -2.92. The lowest BCUT2D eigenvalue weighted by atomic mass is 10.5. The number of hydrogen-bond donors (Lipinski definition) is 4. The number of hydrogen-bond acceptors (Lipinski definition) is 5. The molecule has 3 unspecified atom stereocenters. The molecule has 0 aliphatic heterocycles. The summed E-state index contributed by atoms with van der Waals surface area (Å²) in [5.74, 6) is 0. The Kier molecular flexibility index (Phi) is 11.0. The van der Waals surface area contributed by atoms with Crippen molar-refractivity contribution < 1.29 is 28.3 Å². The lowest BCUT2D eigenvalue weighted by Crippen LogP contribution is -2.16. The van der Waals surface area contributed by atoms with Crippen LogP contribution in [0, 0.1) is 0 Å². The van der Waals surface area contributed by atoms with Crippen LogP contribution in [0.3, 0.4) is 0 Å². The Morgan fingerprint density at radius 1 is 1.42 bits per heavy atom. The molecule has 0 aromatic heterocycles. The van der Waals surface area contributed by atoms with Gasteiger partial charge in [-0.1, -0.05) is 6.92 Å². The first-order valence-corrected chi connectivity index (χ1v) is 5.10. The minimum Gasteiger partial charge on any atom is -0.379 e. The molecule has 72 valence electrons. The van der Waals surface area contributed by atoms with Crippen molar-refractivity contribution in [2.24, 2.45) is 5.73 Å². The Balaban J connectivity index is 0. The van der Waals surface area contributed by atoms with Crippen molar-refractivity contribution in [2.45, 2.75) is 19.6 Å². The van der Waals surface area contributed by atoms with Crippen LogP contribution in [0.2, 0.25) is 0 Å². The van der Waals surface area contributed by atoms with Crippen LogP contribution >= 0.6 is 16.5 Å². The average Bonchev–Trinajstić information content (AvgIpc) is 1.85. The minimum absolute atomic E-state index is 0.616. The molecule has 0 amide bonds. The maximum atomic E-state index is 9.39. The van der Waals surface area contributed by atoms with Gasteiger partial charge in [-0.05, 0) is 6.42 Å². The summed E-state index contributed by atoms with van der Waals surface area (Å²) in [5, 5.41) is 8.14. The van der Waals surface area contributed by atoms with Crippen LogP contribution in [0.15, 0.2) is 0 Å². The van der Waals surface area contributed by atoms with E-state index in [1.165, 1.54) is 0 Å². The normalized spacial score (nSPS) is 14.1. The van der Waals surface area contributed by atoms with Gasteiger partial charge in [0.05, 0.1) is 0 Å². The second-order valence-corrected chi connectivity index (χ2v) is 3.14. The summed E-state index contributed by atoms with van der Waals surface area (Å²) in [5.41, 5.74) is 4.85. The molecule has 9 heteroatoms. The number of nitrogens with two attached hydrogens (primary N) is 1. The zero-order valence-corrected chi connectivity index (χ0v) is 8.11. The summed E-state index contributed by atoms with van der Waals surface area (Å²) in [6, 6.07) is 0. The highest BCUT2D eigenvalue weighted by Crippen LogP contribution is 2.30. The van der Waals surface area contributed by atoms with Gasteiger partial charge in [0.2, 0.25) is 0 Å². The van der Waals surface area contributed by atoms with E-state index < -0.39 is 22.7 Å². The second kappa shape index (κ2) is 9.09. The van der Waals surface area contributed by atoms with Gasteiger partial charge in [-0.25, -0.2) is 0 Å². The SMILES string of the molecule is CCC(N)O.O=[P+](O)O[P+](=O)O. The van der Waals surface area contributed by atoms with Gasteiger partial charge in [0.25, 0.3) is 0 Å². The third-order valence-corrected chi connectivity index (χ3v) is 1.68. The third-order valence-electron chi connectivity index (χ3n) is 0.558. The van der Waals surface area contributed by atoms with Crippen LogP contribution in [0.5, 0.6) is 0 Å². The second-order valence-electron chi connectivity index (χ2n) is 1.53. The van der Waals surface area contributed by atoms with Gasteiger partial charge in [-0.15, -0.1) is 9.79 Å².